The van der Waals surface area contributed by atoms with Gasteiger partial charge in [0.2, 0.25) is 0 Å². The molecular formula is C19H28N4O2. The fourth-order valence-corrected chi connectivity index (χ4v) is 3.61. The predicted octanol–water partition coefficient (Wildman–Crippen LogP) is 2.77. The summed E-state index contributed by atoms with van der Waals surface area (Å²) in [7, 11) is 0. The van der Waals surface area contributed by atoms with Gasteiger partial charge in [0.1, 0.15) is 5.65 Å². The maximum atomic E-state index is 11.9. The van der Waals surface area contributed by atoms with Gasteiger partial charge in [-0.05, 0) is 50.7 Å². The van der Waals surface area contributed by atoms with E-state index in [1.807, 2.05) is 35.7 Å². The van der Waals surface area contributed by atoms with Crippen molar-refractivity contribution in [3.63, 3.8) is 0 Å². The van der Waals surface area contributed by atoms with E-state index in [9.17, 15) is 9.90 Å². The van der Waals surface area contributed by atoms with Crippen molar-refractivity contribution < 1.29 is 9.90 Å². The number of imidazole rings is 1. The lowest BCUT2D eigenvalue weighted by molar-refractivity contribution is 0.0644. The fourth-order valence-electron chi connectivity index (χ4n) is 3.61. The Kier molecular flexibility index (Phi) is 5.91. The van der Waals surface area contributed by atoms with Gasteiger partial charge in [-0.1, -0.05) is 18.9 Å². The van der Waals surface area contributed by atoms with E-state index in [0.717, 1.165) is 49.1 Å². The van der Waals surface area contributed by atoms with Crippen LogP contribution in [0, 0.1) is 12.8 Å². The Morgan fingerprint density at radius 1 is 1.32 bits per heavy atom. The summed E-state index contributed by atoms with van der Waals surface area (Å²) in [4.78, 5) is 16.4. The van der Waals surface area contributed by atoms with Crippen molar-refractivity contribution in [3.05, 3.63) is 35.8 Å². The van der Waals surface area contributed by atoms with Crippen LogP contribution in [0.4, 0.5) is 4.79 Å². The Hall–Kier alpha value is -2.08. The first-order chi connectivity index (χ1) is 12.1. The standard InChI is InChI=1S/C19H28N4O2/c1-14-6-4-10-18-22-16(13-23(14)18)12-21-19(25)20-11-5-8-15-7-2-3-9-17(15)24/h4,6,10,13,15,17,24H,2-3,5,7-9,11-12H2,1H3,(H2,20,21,25). The van der Waals surface area contributed by atoms with E-state index < -0.39 is 0 Å². The van der Waals surface area contributed by atoms with Gasteiger partial charge in [-0.15, -0.1) is 0 Å². The largest absolute Gasteiger partial charge is 0.393 e. The van der Waals surface area contributed by atoms with Gasteiger partial charge in [-0.2, -0.15) is 0 Å². The zero-order chi connectivity index (χ0) is 17.6. The minimum atomic E-state index is -0.169. The molecule has 2 aromatic rings. The molecule has 2 atom stereocenters. The van der Waals surface area contributed by atoms with Gasteiger partial charge in [-0.3, -0.25) is 0 Å². The third-order valence-electron chi connectivity index (χ3n) is 5.08. The number of carbonyl (C=O) groups excluding carboxylic acids is 1. The first-order valence-corrected chi connectivity index (χ1v) is 9.27. The maximum Gasteiger partial charge on any atom is 0.315 e. The fraction of sp³-hybridized carbons (Fsp3) is 0.579. The first-order valence-electron chi connectivity index (χ1n) is 9.27. The minimum Gasteiger partial charge on any atom is -0.393 e. The van der Waals surface area contributed by atoms with Crippen LogP contribution in [-0.2, 0) is 6.54 Å². The number of amides is 2. The number of aliphatic hydroxyl groups excluding tert-OH is 1. The zero-order valence-corrected chi connectivity index (χ0v) is 14.9. The summed E-state index contributed by atoms with van der Waals surface area (Å²) in [6.45, 7) is 3.08. The third-order valence-corrected chi connectivity index (χ3v) is 5.08. The Morgan fingerprint density at radius 2 is 2.16 bits per heavy atom. The van der Waals surface area contributed by atoms with Gasteiger partial charge in [0.15, 0.2) is 0 Å². The van der Waals surface area contributed by atoms with Crippen LogP contribution < -0.4 is 10.6 Å². The van der Waals surface area contributed by atoms with E-state index in [-0.39, 0.29) is 12.1 Å². The molecule has 1 saturated carbocycles. The Balaban J connectivity index is 1.37. The van der Waals surface area contributed by atoms with Gasteiger partial charge < -0.3 is 20.1 Å². The van der Waals surface area contributed by atoms with Gasteiger partial charge in [0.25, 0.3) is 0 Å². The molecule has 2 unspecified atom stereocenters. The van der Waals surface area contributed by atoms with Crippen molar-refractivity contribution in [2.75, 3.05) is 6.54 Å². The van der Waals surface area contributed by atoms with Crippen LogP contribution in [0.25, 0.3) is 5.65 Å². The van der Waals surface area contributed by atoms with E-state index in [1.54, 1.807) is 0 Å². The van der Waals surface area contributed by atoms with Crippen LogP contribution in [-0.4, -0.2) is 33.2 Å². The van der Waals surface area contributed by atoms with Crippen LogP contribution in [0.3, 0.4) is 0 Å². The molecule has 1 aliphatic rings. The number of rotatable bonds is 6. The van der Waals surface area contributed by atoms with Crippen LogP contribution in [0.1, 0.15) is 49.9 Å². The number of urea groups is 1. The molecule has 0 spiro atoms. The Morgan fingerprint density at radius 3 is 2.96 bits per heavy atom. The molecule has 0 aliphatic heterocycles. The Bertz CT molecular complexity index is 713. The number of aliphatic hydroxyl groups is 1. The SMILES string of the molecule is Cc1cccc2nc(CNC(=O)NCCCC3CCCCC3O)cn12. The summed E-state index contributed by atoms with van der Waals surface area (Å²) in [6, 6.07) is 5.79. The molecule has 0 saturated heterocycles. The van der Waals surface area contributed by atoms with Crippen LogP contribution in [0.15, 0.2) is 24.4 Å². The van der Waals surface area contributed by atoms with E-state index >= 15 is 0 Å². The first kappa shape index (κ1) is 17.7. The molecule has 6 nitrogen and oxygen atoms in total. The topological polar surface area (TPSA) is 78.7 Å². The molecule has 0 aromatic carbocycles. The molecule has 2 aromatic heterocycles. The van der Waals surface area contributed by atoms with Crippen molar-refractivity contribution in [3.8, 4) is 0 Å². The molecule has 1 fully saturated rings. The molecule has 136 valence electrons. The highest BCUT2D eigenvalue weighted by Crippen LogP contribution is 2.27. The van der Waals surface area contributed by atoms with E-state index in [0.29, 0.717) is 19.0 Å². The lowest BCUT2D eigenvalue weighted by Gasteiger charge is -2.27. The average Bonchev–Trinajstić information content (AvgIpc) is 3.03. The monoisotopic (exact) mass is 344 g/mol. The predicted molar refractivity (Wildman–Crippen MR) is 97.4 cm³/mol. The van der Waals surface area contributed by atoms with Crippen molar-refractivity contribution in [2.24, 2.45) is 5.92 Å². The number of fused-ring (bicyclic) bond motifs is 1. The normalized spacial score (nSPS) is 20.6. The van der Waals surface area contributed by atoms with Gasteiger partial charge in [-0.25, -0.2) is 9.78 Å². The number of nitrogens with one attached hydrogen (secondary N) is 2. The van der Waals surface area contributed by atoms with Gasteiger partial charge in [0, 0.05) is 18.4 Å². The number of pyridine rings is 1. The summed E-state index contributed by atoms with van der Waals surface area (Å²) in [5.74, 6) is 0.403. The number of carbonyl (C=O) groups is 1. The number of aryl methyl sites for hydroxylation is 1. The highest BCUT2D eigenvalue weighted by atomic mass is 16.3. The second-order valence-electron chi connectivity index (χ2n) is 6.99. The van der Waals surface area contributed by atoms with Crippen molar-refractivity contribution in [2.45, 2.75) is 58.1 Å². The molecule has 1 aliphatic carbocycles. The molecule has 0 bridgehead atoms. The Labute approximate surface area is 148 Å². The molecule has 0 radical (unpaired) electrons. The number of hydrogen-bond donors (Lipinski definition) is 3. The molecule has 2 amide bonds. The number of nitrogens with zero attached hydrogens (tertiary/aromatic N) is 2. The van der Waals surface area contributed by atoms with Gasteiger partial charge in [0.05, 0.1) is 18.3 Å². The highest BCUT2D eigenvalue weighted by molar-refractivity contribution is 5.73. The van der Waals surface area contributed by atoms with E-state index in [1.165, 1.54) is 6.42 Å². The second kappa shape index (κ2) is 8.34. The molecule has 3 rings (SSSR count). The zero-order valence-electron chi connectivity index (χ0n) is 14.9. The minimum absolute atomic E-state index is 0.152. The van der Waals surface area contributed by atoms with Gasteiger partial charge >= 0.3 is 6.03 Å². The summed E-state index contributed by atoms with van der Waals surface area (Å²) < 4.78 is 2.02. The molecule has 3 N–H and O–H groups in total. The third kappa shape index (κ3) is 4.72. The molecule has 2 heterocycles. The molecule has 6 heteroatoms. The summed E-state index contributed by atoms with van der Waals surface area (Å²) in [5.41, 5.74) is 2.85. The average molecular weight is 344 g/mol. The molecule has 25 heavy (non-hydrogen) atoms. The maximum absolute atomic E-state index is 11.9. The van der Waals surface area contributed by atoms with Crippen molar-refractivity contribution in [1.29, 1.82) is 0 Å². The second-order valence-corrected chi connectivity index (χ2v) is 6.99. The summed E-state index contributed by atoms with van der Waals surface area (Å²) >= 11 is 0. The highest BCUT2D eigenvalue weighted by Gasteiger charge is 2.22. The van der Waals surface area contributed by atoms with Crippen molar-refractivity contribution in [1.82, 2.24) is 20.0 Å². The van der Waals surface area contributed by atoms with Crippen molar-refractivity contribution >= 4 is 11.7 Å². The van der Waals surface area contributed by atoms with Crippen LogP contribution in [0.5, 0.6) is 0 Å². The quantitative estimate of drug-likeness (QED) is 0.705. The summed E-state index contributed by atoms with van der Waals surface area (Å²) in [5, 5.41) is 15.7. The van der Waals surface area contributed by atoms with Crippen LogP contribution >= 0.6 is 0 Å². The lowest BCUT2D eigenvalue weighted by atomic mass is 9.83. The van der Waals surface area contributed by atoms with E-state index in [2.05, 4.69) is 15.6 Å². The van der Waals surface area contributed by atoms with Crippen LogP contribution in [0.2, 0.25) is 0 Å². The smallest absolute Gasteiger partial charge is 0.315 e. The van der Waals surface area contributed by atoms with E-state index in [4.69, 9.17) is 0 Å². The number of aromatic nitrogens is 2. The molecular weight excluding hydrogens is 316 g/mol. The summed E-state index contributed by atoms with van der Waals surface area (Å²) in [6.07, 6.45) is 8.08. The number of hydrogen-bond acceptors (Lipinski definition) is 3. The lowest BCUT2D eigenvalue weighted by Crippen LogP contribution is -2.36.